The van der Waals surface area contributed by atoms with Gasteiger partial charge in [-0.3, -0.25) is 10.2 Å². The molecule has 4 rings (SSSR count). The van der Waals surface area contributed by atoms with E-state index in [9.17, 15) is 18.0 Å². The molecule has 0 unspecified atom stereocenters. The Labute approximate surface area is 206 Å². The maximum Gasteiger partial charge on any atom is 0.343 e. The van der Waals surface area contributed by atoms with Crippen molar-refractivity contribution in [3.63, 3.8) is 0 Å². The monoisotopic (exact) mass is 510 g/mol. The first kappa shape index (κ1) is 24.7. The Bertz CT molecular complexity index is 1430. The van der Waals surface area contributed by atoms with Gasteiger partial charge in [-0.25, -0.2) is 10.3 Å². The van der Waals surface area contributed by atoms with Crippen LogP contribution in [-0.2, 0) is 20.8 Å². The molecule has 3 aromatic rings. The normalized spacial score (nSPS) is 13.3. The number of para-hydroxylation sites is 1. The van der Waals surface area contributed by atoms with E-state index in [0.29, 0.717) is 29.7 Å². The molecule has 0 atom stereocenters. The summed E-state index contributed by atoms with van der Waals surface area (Å²) >= 11 is 0. The summed E-state index contributed by atoms with van der Waals surface area (Å²) in [5, 5.41) is 10.1. The summed E-state index contributed by atoms with van der Waals surface area (Å²) in [4.78, 5) is 25.6. The van der Waals surface area contributed by atoms with Gasteiger partial charge in [-0.1, -0.05) is 24.3 Å². The van der Waals surface area contributed by atoms with Crippen LogP contribution in [0.25, 0.3) is 0 Å². The molecule has 1 aliphatic rings. The number of amides is 1. The number of fused-ring (bicyclic) bond motifs is 2. The number of hydrogen-bond donors (Lipinski definition) is 4. The van der Waals surface area contributed by atoms with Crippen LogP contribution >= 0.6 is 0 Å². The predicted octanol–water partition coefficient (Wildman–Crippen LogP) is 2.59. The molecular weight excluding hydrogens is 488 g/mol. The van der Waals surface area contributed by atoms with E-state index >= 15 is 0 Å². The highest BCUT2D eigenvalue weighted by molar-refractivity contribution is 7.86. The number of rotatable bonds is 5. The smallest absolute Gasteiger partial charge is 0.343 e. The Balaban J connectivity index is 1.57. The standard InChI is InChI=1S/C24H22N4O7S/c25-24(26)27-16-11-12-18-15(14-16)6-5-13-33-21-19(9-4-10-20(21)34-23(18)30)22(29)28-35-36(31,32)17-7-2-1-3-8-17/h1-4,7-12,14H,5-6,13H2,(H,28,29)(H4,25,26,27). The minimum absolute atomic E-state index is 0.0163. The largest absolute Gasteiger partial charge is 0.489 e. The molecule has 36 heavy (non-hydrogen) atoms. The third kappa shape index (κ3) is 5.62. The van der Waals surface area contributed by atoms with Gasteiger partial charge in [0.25, 0.3) is 5.91 Å². The number of ether oxygens (including phenoxy) is 2. The lowest BCUT2D eigenvalue weighted by molar-refractivity contribution is 0.0715. The van der Waals surface area contributed by atoms with Crippen LogP contribution in [-0.4, -0.2) is 32.9 Å². The lowest BCUT2D eigenvalue weighted by Crippen LogP contribution is -2.28. The topological polar surface area (TPSA) is 170 Å². The molecular formula is C24H22N4O7S. The Morgan fingerprint density at radius 3 is 2.58 bits per heavy atom. The first-order chi connectivity index (χ1) is 17.2. The maximum atomic E-state index is 12.9. The summed E-state index contributed by atoms with van der Waals surface area (Å²) in [5.74, 6) is -1.85. The van der Waals surface area contributed by atoms with Crippen LogP contribution in [0, 0.1) is 5.41 Å². The highest BCUT2D eigenvalue weighted by Gasteiger charge is 2.24. The van der Waals surface area contributed by atoms with Gasteiger partial charge in [-0.2, -0.15) is 8.42 Å². The molecule has 0 aromatic heterocycles. The van der Waals surface area contributed by atoms with Crippen molar-refractivity contribution < 1.29 is 31.8 Å². The third-order valence-electron chi connectivity index (χ3n) is 5.14. The van der Waals surface area contributed by atoms with Gasteiger partial charge < -0.3 is 20.5 Å². The van der Waals surface area contributed by atoms with E-state index in [1.165, 1.54) is 42.5 Å². The van der Waals surface area contributed by atoms with Crippen LogP contribution < -0.4 is 26.0 Å². The number of benzene rings is 3. The van der Waals surface area contributed by atoms with Crippen molar-refractivity contribution in [3.8, 4) is 11.5 Å². The number of carbonyl (C=O) groups excluding carboxylic acids is 2. The van der Waals surface area contributed by atoms with Crippen molar-refractivity contribution in [1.82, 2.24) is 5.48 Å². The Morgan fingerprint density at radius 1 is 1.06 bits per heavy atom. The molecule has 1 aliphatic heterocycles. The number of hydroxylamine groups is 1. The average molecular weight is 511 g/mol. The molecule has 1 amide bonds. The van der Waals surface area contributed by atoms with Crippen LogP contribution in [0.5, 0.6) is 11.5 Å². The van der Waals surface area contributed by atoms with E-state index in [4.69, 9.17) is 24.9 Å². The minimum Gasteiger partial charge on any atom is -0.489 e. The fourth-order valence-electron chi connectivity index (χ4n) is 3.53. The highest BCUT2D eigenvalue weighted by atomic mass is 32.2. The molecule has 0 radical (unpaired) electrons. The van der Waals surface area contributed by atoms with Crippen LogP contribution in [0.2, 0.25) is 0 Å². The van der Waals surface area contributed by atoms with Crippen molar-refractivity contribution in [3.05, 3.63) is 83.4 Å². The second-order valence-corrected chi connectivity index (χ2v) is 9.21. The first-order valence-corrected chi connectivity index (χ1v) is 12.2. The molecule has 0 fully saturated rings. The number of esters is 1. The zero-order valence-electron chi connectivity index (χ0n) is 18.8. The molecule has 3 aromatic carbocycles. The summed E-state index contributed by atoms with van der Waals surface area (Å²) < 4.78 is 40.7. The van der Waals surface area contributed by atoms with E-state index < -0.39 is 22.0 Å². The average Bonchev–Trinajstić information content (AvgIpc) is 2.86. The van der Waals surface area contributed by atoms with Crippen molar-refractivity contribution >= 4 is 33.6 Å². The van der Waals surface area contributed by atoms with Gasteiger partial charge >= 0.3 is 16.1 Å². The lowest BCUT2D eigenvalue weighted by atomic mass is 10.0. The summed E-state index contributed by atoms with van der Waals surface area (Å²) in [6.45, 7) is 0.168. The van der Waals surface area contributed by atoms with Crippen LogP contribution in [0.4, 0.5) is 5.69 Å². The molecule has 0 aliphatic carbocycles. The van der Waals surface area contributed by atoms with Gasteiger partial charge in [-0.15, -0.1) is 4.28 Å². The zero-order chi connectivity index (χ0) is 25.7. The third-order valence-corrected chi connectivity index (χ3v) is 6.30. The van der Waals surface area contributed by atoms with Crippen molar-refractivity contribution in [2.24, 2.45) is 5.73 Å². The van der Waals surface area contributed by atoms with Crippen LogP contribution in [0.15, 0.2) is 71.6 Å². The van der Waals surface area contributed by atoms with Gasteiger partial charge in [0.15, 0.2) is 17.5 Å². The molecule has 0 bridgehead atoms. The minimum atomic E-state index is -4.25. The lowest BCUT2D eigenvalue weighted by Gasteiger charge is -2.18. The molecule has 0 spiro atoms. The molecule has 11 nitrogen and oxygen atoms in total. The maximum absolute atomic E-state index is 12.9. The number of aryl methyl sites for hydroxylation is 1. The predicted molar refractivity (Wildman–Crippen MR) is 129 cm³/mol. The second kappa shape index (κ2) is 10.5. The van der Waals surface area contributed by atoms with Crippen LogP contribution in [0.3, 0.4) is 0 Å². The van der Waals surface area contributed by atoms with Gasteiger partial charge in [0.05, 0.1) is 22.6 Å². The van der Waals surface area contributed by atoms with E-state index in [2.05, 4.69) is 5.32 Å². The SMILES string of the molecule is N=C(N)Nc1ccc2c(c1)CCCOc1c(cccc1C(=O)NOS(=O)(=O)c1ccccc1)OC2=O. The van der Waals surface area contributed by atoms with Gasteiger partial charge in [0, 0.05) is 5.69 Å². The van der Waals surface area contributed by atoms with Gasteiger partial charge in [0.2, 0.25) is 0 Å². The molecule has 12 heteroatoms. The fraction of sp³-hybridized carbons (Fsp3) is 0.125. The van der Waals surface area contributed by atoms with Crippen molar-refractivity contribution in [2.75, 3.05) is 11.9 Å². The summed E-state index contributed by atoms with van der Waals surface area (Å²) in [6.07, 6.45) is 0.929. The zero-order valence-corrected chi connectivity index (χ0v) is 19.6. The first-order valence-electron chi connectivity index (χ1n) is 10.8. The quantitative estimate of drug-likeness (QED) is 0.132. The Morgan fingerprint density at radius 2 is 1.83 bits per heavy atom. The van der Waals surface area contributed by atoms with Gasteiger partial charge in [0.1, 0.15) is 0 Å². The number of nitrogens with two attached hydrogens (primary N) is 1. The number of guanidine groups is 1. The Kier molecular flexibility index (Phi) is 7.17. The van der Waals surface area contributed by atoms with Gasteiger partial charge in [-0.05, 0) is 60.9 Å². The summed E-state index contributed by atoms with van der Waals surface area (Å²) in [7, 11) is -4.25. The van der Waals surface area contributed by atoms with Crippen molar-refractivity contribution in [1.29, 1.82) is 5.41 Å². The number of nitrogens with one attached hydrogen (secondary N) is 3. The fourth-order valence-corrected chi connectivity index (χ4v) is 4.30. The summed E-state index contributed by atoms with van der Waals surface area (Å²) in [6, 6.07) is 16.5. The van der Waals surface area contributed by atoms with E-state index in [1.807, 2.05) is 5.48 Å². The van der Waals surface area contributed by atoms with Crippen LogP contribution in [0.1, 0.15) is 32.7 Å². The highest BCUT2D eigenvalue weighted by Crippen LogP contribution is 2.34. The number of hydrogen-bond acceptors (Lipinski definition) is 8. The molecule has 1 heterocycles. The summed E-state index contributed by atoms with van der Waals surface area (Å²) in [5.41, 5.74) is 8.76. The van der Waals surface area contributed by atoms with E-state index in [0.717, 1.165) is 0 Å². The second-order valence-electron chi connectivity index (χ2n) is 7.67. The number of anilines is 1. The van der Waals surface area contributed by atoms with Crippen molar-refractivity contribution in [2.45, 2.75) is 17.7 Å². The number of carbonyl (C=O) groups is 2. The molecule has 5 N–H and O–H groups in total. The van der Waals surface area contributed by atoms with E-state index in [-0.39, 0.29) is 34.5 Å². The molecule has 0 saturated heterocycles. The Hall–Kier alpha value is -4.42. The van der Waals surface area contributed by atoms with E-state index in [1.54, 1.807) is 24.3 Å². The molecule has 0 saturated carbocycles. The molecule has 186 valence electrons.